The second-order valence-corrected chi connectivity index (χ2v) is 11.7. The molecule has 6 nitrogen and oxygen atoms in total. The van der Waals surface area contributed by atoms with Crippen molar-refractivity contribution in [3.8, 4) is 0 Å². The lowest BCUT2D eigenvalue weighted by Crippen LogP contribution is -2.58. The molecule has 5 fully saturated rings. The van der Waals surface area contributed by atoms with Crippen molar-refractivity contribution in [1.29, 1.82) is 0 Å². The first kappa shape index (κ1) is 19.9. The van der Waals surface area contributed by atoms with Crippen LogP contribution in [0.25, 0.3) is 0 Å². The lowest BCUT2D eigenvalue weighted by molar-refractivity contribution is -0.127. The summed E-state index contributed by atoms with van der Waals surface area (Å²) in [6.07, 6.45) is 5.95. The van der Waals surface area contributed by atoms with Gasteiger partial charge in [0.05, 0.1) is 34.7 Å². The first-order valence-electron chi connectivity index (χ1n) is 10.3. The molecule has 1 aliphatic heterocycles. The number of hydrogen-bond donors (Lipinski definition) is 1. The molecule has 9 heteroatoms. The zero-order valence-corrected chi connectivity index (χ0v) is 17.5. The third-order valence-corrected chi connectivity index (χ3v) is 8.58. The Morgan fingerprint density at radius 3 is 2.30 bits per heavy atom. The summed E-state index contributed by atoms with van der Waals surface area (Å²) in [6, 6.07) is 3.85. The summed E-state index contributed by atoms with van der Waals surface area (Å²) in [5.41, 5.74) is -0.331. The number of benzene rings is 1. The van der Waals surface area contributed by atoms with E-state index in [1.54, 1.807) is 0 Å². The largest absolute Gasteiger partial charge is 0.326 e. The number of alkyl halides is 2. The molecule has 5 aliphatic rings. The van der Waals surface area contributed by atoms with E-state index in [9.17, 15) is 26.8 Å². The summed E-state index contributed by atoms with van der Waals surface area (Å²) >= 11 is 0. The van der Waals surface area contributed by atoms with Crippen LogP contribution in [-0.2, 0) is 14.6 Å². The van der Waals surface area contributed by atoms with E-state index in [1.165, 1.54) is 24.6 Å². The average molecular weight is 438 g/mol. The zero-order valence-electron chi connectivity index (χ0n) is 16.7. The van der Waals surface area contributed by atoms with E-state index in [-0.39, 0.29) is 22.1 Å². The standard InChI is InChI=1S/C21H24F2N2O4S/c1-30(28,29)15-2-3-16(18(26)25-10-21(22,23)11-25)17(7-15)24-19(27)20-8-12-4-13(9-20)6-14(20)5-12/h2-3,7,12-14H,4-6,8-11H2,1H3,(H,24,27). The van der Waals surface area contributed by atoms with Crippen LogP contribution < -0.4 is 5.32 Å². The Balaban J connectivity index is 1.47. The Morgan fingerprint density at radius 1 is 1.10 bits per heavy atom. The molecule has 0 spiro atoms. The van der Waals surface area contributed by atoms with Gasteiger partial charge in [-0.05, 0) is 68.1 Å². The molecule has 2 unspecified atom stereocenters. The molecule has 1 N–H and O–H groups in total. The number of nitrogens with zero attached hydrogens (tertiary/aromatic N) is 1. The van der Waals surface area contributed by atoms with Crippen molar-refractivity contribution >= 4 is 27.3 Å². The highest BCUT2D eigenvalue weighted by molar-refractivity contribution is 7.90. The highest BCUT2D eigenvalue weighted by Gasteiger charge is 2.61. The predicted molar refractivity (Wildman–Crippen MR) is 105 cm³/mol. The molecule has 2 atom stereocenters. The first-order valence-corrected chi connectivity index (χ1v) is 12.2. The molecular formula is C21H24F2N2O4S. The van der Waals surface area contributed by atoms with Crippen molar-refractivity contribution in [2.75, 3.05) is 24.7 Å². The molecule has 4 bridgehead atoms. The first-order chi connectivity index (χ1) is 14.0. The van der Waals surface area contributed by atoms with E-state index in [4.69, 9.17) is 0 Å². The predicted octanol–water partition coefficient (Wildman–Crippen LogP) is 2.95. The molecule has 162 valence electrons. The summed E-state index contributed by atoms with van der Waals surface area (Å²) in [6.45, 7) is -1.36. The topological polar surface area (TPSA) is 83.6 Å². The molecule has 4 saturated carbocycles. The molecular weight excluding hydrogens is 414 g/mol. The number of nitrogens with one attached hydrogen (secondary N) is 1. The van der Waals surface area contributed by atoms with Crippen LogP contribution in [0.1, 0.15) is 42.5 Å². The molecule has 4 aliphatic carbocycles. The van der Waals surface area contributed by atoms with Crippen LogP contribution in [0.15, 0.2) is 23.1 Å². The fourth-order valence-electron chi connectivity index (χ4n) is 6.28. The van der Waals surface area contributed by atoms with Crippen LogP contribution in [0.2, 0.25) is 0 Å². The van der Waals surface area contributed by atoms with Gasteiger partial charge in [0.15, 0.2) is 9.84 Å². The van der Waals surface area contributed by atoms with Crippen molar-refractivity contribution in [2.45, 2.75) is 42.9 Å². The Kier molecular flexibility index (Phi) is 4.14. The molecule has 1 saturated heterocycles. The molecule has 2 amide bonds. The number of sulfone groups is 1. The number of hydrogen-bond acceptors (Lipinski definition) is 4. The van der Waals surface area contributed by atoms with E-state index in [2.05, 4.69) is 5.32 Å². The highest BCUT2D eigenvalue weighted by Crippen LogP contribution is 2.65. The second-order valence-electron chi connectivity index (χ2n) is 9.65. The van der Waals surface area contributed by atoms with Gasteiger partial charge in [-0.3, -0.25) is 9.59 Å². The number of carbonyl (C=O) groups excluding carboxylic acids is 2. The summed E-state index contributed by atoms with van der Waals surface area (Å²) in [4.78, 5) is 27.1. The molecule has 0 aromatic heterocycles. The van der Waals surface area contributed by atoms with E-state index < -0.39 is 40.2 Å². The van der Waals surface area contributed by atoms with Crippen molar-refractivity contribution in [2.24, 2.45) is 23.2 Å². The lowest BCUT2D eigenvalue weighted by Gasteiger charge is -2.39. The molecule has 1 aromatic rings. The average Bonchev–Trinajstić information content (AvgIpc) is 3.03. The number of likely N-dealkylation sites (tertiary alicyclic amines) is 1. The van der Waals surface area contributed by atoms with Crippen molar-refractivity contribution in [3.63, 3.8) is 0 Å². The van der Waals surface area contributed by atoms with E-state index >= 15 is 0 Å². The maximum absolute atomic E-state index is 13.4. The fourth-order valence-corrected chi connectivity index (χ4v) is 6.93. The Labute approximate surface area is 173 Å². The molecule has 6 rings (SSSR count). The number of rotatable bonds is 4. The van der Waals surface area contributed by atoms with Crippen molar-refractivity contribution in [3.05, 3.63) is 23.8 Å². The third kappa shape index (κ3) is 3.04. The smallest absolute Gasteiger partial charge is 0.282 e. The van der Waals surface area contributed by atoms with Gasteiger partial charge in [0.2, 0.25) is 5.91 Å². The van der Waals surface area contributed by atoms with Crippen molar-refractivity contribution < 1.29 is 26.8 Å². The number of halogens is 2. The fraction of sp³-hybridized carbons (Fsp3) is 0.619. The van der Waals surface area contributed by atoms with Gasteiger partial charge in [-0.1, -0.05) is 0 Å². The SMILES string of the molecule is CS(=O)(=O)c1ccc(C(=O)N2CC(F)(F)C2)c(NC(=O)C23CC4CC(CC2C4)C3)c1. The van der Waals surface area contributed by atoms with Gasteiger partial charge in [-0.25, -0.2) is 17.2 Å². The zero-order chi connectivity index (χ0) is 21.5. The quantitative estimate of drug-likeness (QED) is 0.784. The normalized spacial score (nSPS) is 33.4. The van der Waals surface area contributed by atoms with Crippen LogP contribution in [-0.4, -0.2) is 50.4 Å². The lowest BCUT2D eigenvalue weighted by atomic mass is 9.75. The highest BCUT2D eigenvalue weighted by atomic mass is 32.2. The minimum atomic E-state index is -3.57. The summed E-state index contributed by atoms with van der Waals surface area (Å²) < 4.78 is 50.5. The number of amides is 2. The molecule has 0 radical (unpaired) electrons. The van der Waals surface area contributed by atoms with Crippen LogP contribution in [0.5, 0.6) is 0 Å². The van der Waals surface area contributed by atoms with Gasteiger partial charge in [0.1, 0.15) is 0 Å². The van der Waals surface area contributed by atoms with Crippen LogP contribution >= 0.6 is 0 Å². The van der Waals surface area contributed by atoms with Gasteiger partial charge >= 0.3 is 0 Å². The summed E-state index contributed by atoms with van der Waals surface area (Å²) in [5, 5.41) is 2.83. The van der Waals surface area contributed by atoms with Gasteiger partial charge in [0, 0.05) is 6.26 Å². The maximum Gasteiger partial charge on any atom is 0.282 e. The Hall–Kier alpha value is -2.03. The van der Waals surface area contributed by atoms with E-state index in [0.29, 0.717) is 17.8 Å². The van der Waals surface area contributed by atoms with Gasteiger partial charge < -0.3 is 10.2 Å². The van der Waals surface area contributed by atoms with E-state index in [1.807, 2.05) is 0 Å². The van der Waals surface area contributed by atoms with Crippen molar-refractivity contribution in [1.82, 2.24) is 4.90 Å². The molecule has 1 aromatic carbocycles. The minimum Gasteiger partial charge on any atom is -0.326 e. The van der Waals surface area contributed by atoms with Gasteiger partial charge in [-0.15, -0.1) is 0 Å². The van der Waals surface area contributed by atoms with Crippen LogP contribution in [0, 0.1) is 23.2 Å². The molecule has 1 heterocycles. The summed E-state index contributed by atoms with van der Waals surface area (Å²) in [5.74, 6) is -2.28. The maximum atomic E-state index is 13.4. The van der Waals surface area contributed by atoms with Crippen LogP contribution in [0.3, 0.4) is 0 Å². The summed E-state index contributed by atoms with van der Waals surface area (Å²) in [7, 11) is -3.57. The monoisotopic (exact) mass is 438 g/mol. The Morgan fingerprint density at radius 2 is 1.73 bits per heavy atom. The Bertz CT molecular complexity index is 1030. The third-order valence-electron chi connectivity index (χ3n) is 7.47. The minimum absolute atomic E-state index is 0.0296. The van der Waals surface area contributed by atoms with Gasteiger partial charge in [0.25, 0.3) is 11.8 Å². The van der Waals surface area contributed by atoms with E-state index in [0.717, 1.165) is 36.8 Å². The second kappa shape index (κ2) is 6.24. The van der Waals surface area contributed by atoms with Crippen LogP contribution in [0.4, 0.5) is 14.5 Å². The van der Waals surface area contributed by atoms with Gasteiger partial charge in [-0.2, -0.15) is 0 Å². The number of anilines is 1. The molecule has 30 heavy (non-hydrogen) atoms. The number of carbonyl (C=O) groups is 2.